The van der Waals surface area contributed by atoms with Gasteiger partial charge in [0.15, 0.2) is 0 Å². The van der Waals surface area contributed by atoms with Crippen LogP contribution in [0.2, 0.25) is 0 Å². The maximum absolute atomic E-state index is 5.78. The third-order valence-corrected chi connectivity index (χ3v) is 3.94. The van der Waals surface area contributed by atoms with Crippen molar-refractivity contribution in [3.63, 3.8) is 0 Å². The Hall–Kier alpha value is -1.32. The van der Waals surface area contributed by atoms with Crippen LogP contribution in [0.3, 0.4) is 0 Å². The SMILES string of the molecule is CCCCOc1cc(NC2CCCCC2)nc(C(C)C)n1. The number of rotatable bonds is 7. The van der Waals surface area contributed by atoms with E-state index >= 15 is 0 Å². The van der Waals surface area contributed by atoms with E-state index in [1.165, 1.54) is 32.1 Å². The van der Waals surface area contributed by atoms with Crippen LogP contribution >= 0.6 is 0 Å². The minimum Gasteiger partial charge on any atom is -0.478 e. The van der Waals surface area contributed by atoms with E-state index in [0.29, 0.717) is 17.8 Å². The van der Waals surface area contributed by atoms with E-state index in [1.807, 2.05) is 6.07 Å². The fourth-order valence-corrected chi connectivity index (χ4v) is 2.63. The standard InChI is InChI=1S/C17H29N3O/c1-4-5-11-21-16-12-15(19-17(20-16)13(2)3)18-14-9-7-6-8-10-14/h12-14H,4-11H2,1-3H3,(H,18,19,20). The van der Waals surface area contributed by atoms with Crippen molar-refractivity contribution in [2.24, 2.45) is 0 Å². The Balaban J connectivity index is 2.06. The highest BCUT2D eigenvalue weighted by Gasteiger charge is 2.15. The molecule has 4 heteroatoms. The zero-order valence-corrected chi connectivity index (χ0v) is 13.7. The van der Waals surface area contributed by atoms with E-state index in [2.05, 4.69) is 36.1 Å². The molecule has 0 radical (unpaired) electrons. The number of ether oxygens (including phenoxy) is 1. The van der Waals surface area contributed by atoms with Crippen LogP contribution in [0.5, 0.6) is 5.88 Å². The molecule has 0 atom stereocenters. The predicted molar refractivity (Wildman–Crippen MR) is 87.0 cm³/mol. The van der Waals surface area contributed by atoms with Crippen LogP contribution < -0.4 is 10.1 Å². The fraction of sp³-hybridized carbons (Fsp3) is 0.765. The minimum atomic E-state index is 0.312. The van der Waals surface area contributed by atoms with Crippen molar-refractivity contribution in [3.8, 4) is 5.88 Å². The third-order valence-electron chi connectivity index (χ3n) is 3.94. The largest absolute Gasteiger partial charge is 0.478 e. The van der Waals surface area contributed by atoms with Gasteiger partial charge in [-0.2, -0.15) is 4.98 Å². The van der Waals surface area contributed by atoms with Gasteiger partial charge in [0.2, 0.25) is 5.88 Å². The zero-order chi connectivity index (χ0) is 15.1. The monoisotopic (exact) mass is 291 g/mol. The molecule has 1 aromatic rings. The normalized spacial score (nSPS) is 16.2. The molecule has 0 bridgehead atoms. The Kier molecular flexibility index (Phi) is 6.27. The van der Waals surface area contributed by atoms with Gasteiger partial charge in [0, 0.05) is 18.0 Å². The first-order valence-electron chi connectivity index (χ1n) is 8.47. The summed E-state index contributed by atoms with van der Waals surface area (Å²) in [6.07, 6.45) is 8.69. The molecule has 0 spiro atoms. The van der Waals surface area contributed by atoms with E-state index in [4.69, 9.17) is 4.74 Å². The molecule has 118 valence electrons. The lowest BCUT2D eigenvalue weighted by molar-refractivity contribution is 0.296. The second kappa shape index (κ2) is 8.20. The summed E-state index contributed by atoms with van der Waals surface area (Å²) < 4.78 is 5.78. The van der Waals surface area contributed by atoms with Crippen LogP contribution in [0.4, 0.5) is 5.82 Å². The lowest BCUT2D eigenvalue weighted by Gasteiger charge is -2.23. The molecule has 1 aliphatic rings. The van der Waals surface area contributed by atoms with Crippen molar-refractivity contribution >= 4 is 5.82 Å². The van der Waals surface area contributed by atoms with Gasteiger partial charge in [0.1, 0.15) is 11.6 Å². The van der Waals surface area contributed by atoms with Gasteiger partial charge in [-0.15, -0.1) is 0 Å². The van der Waals surface area contributed by atoms with Gasteiger partial charge in [-0.05, 0) is 19.3 Å². The summed E-state index contributed by atoms with van der Waals surface area (Å²) in [5, 5.41) is 3.58. The summed E-state index contributed by atoms with van der Waals surface area (Å²) in [6.45, 7) is 7.14. The molecule has 0 aromatic carbocycles. The number of nitrogens with zero attached hydrogens (tertiary/aromatic N) is 2. The summed E-state index contributed by atoms with van der Waals surface area (Å²) in [5.41, 5.74) is 0. The Morgan fingerprint density at radius 2 is 2.00 bits per heavy atom. The van der Waals surface area contributed by atoms with Crippen LogP contribution in [0.15, 0.2) is 6.07 Å². The molecule has 0 saturated heterocycles. The second-order valence-corrected chi connectivity index (χ2v) is 6.29. The highest BCUT2D eigenvalue weighted by molar-refractivity contribution is 5.40. The minimum absolute atomic E-state index is 0.312. The lowest BCUT2D eigenvalue weighted by atomic mass is 9.95. The first kappa shape index (κ1) is 16.1. The molecule has 1 fully saturated rings. The number of aromatic nitrogens is 2. The van der Waals surface area contributed by atoms with E-state index in [9.17, 15) is 0 Å². The Labute approximate surface area is 128 Å². The van der Waals surface area contributed by atoms with Crippen LogP contribution in [0, 0.1) is 0 Å². The first-order chi connectivity index (χ1) is 10.2. The van der Waals surface area contributed by atoms with Crippen molar-refractivity contribution in [1.82, 2.24) is 9.97 Å². The Morgan fingerprint density at radius 3 is 2.67 bits per heavy atom. The molecule has 0 aliphatic heterocycles. The van der Waals surface area contributed by atoms with Gasteiger partial charge in [-0.3, -0.25) is 0 Å². The molecule has 1 aromatic heterocycles. The van der Waals surface area contributed by atoms with E-state index in [0.717, 1.165) is 31.1 Å². The Morgan fingerprint density at radius 1 is 1.24 bits per heavy atom. The molecule has 1 heterocycles. The van der Waals surface area contributed by atoms with Gasteiger partial charge in [0.25, 0.3) is 0 Å². The molecular formula is C17H29N3O. The maximum Gasteiger partial charge on any atom is 0.218 e. The highest BCUT2D eigenvalue weighted by atomic mass is 16.5. The van der Waals surface area contributed by atoms with E-state index in [1.54, 1.807) is 0 Å². The van der Waals surface area contributed by atoms with Crippen molar-refractivity contribution in [2.75, 3.05) is 11.9 Å². The van der Waals surface area contributed by atoms with Gasteiger partial charge in [-0.25, -0.2) is 4.98 Å². The molecule has 21 heavy (non-hydrogen) atoms. The smallest absolute Gasteiger partial charge is 0.218 e. The van der Waals surface area contributed by atoms with E-state index in [-0.39, 0.29) is 0 Å². The lowest BCUT2D eigenvalue weighted by Crippen LogP contribution is -2.23. The molecule has 4 nitrogen and oxygen atoms in total. The molecule has 1 saturated carbocycles. The van der Waals surface area contributed by atoms with Crippen LogP contribution in [0.1, 0.15) is 77.5 Å². The van der Waals surface area contributed by atoms with Crippen molar-refractivity contribution in [2.45, 2.75) is 77.7 Å². The maximum atomic E-state index is 5.78. The van der Waals surface area contributed by atoms with Gasteiger partial charge in [0.05, 0.1) is 6.61 Å². The number of anilines is 1. The van der Waals surface area contributed by atoms with Gasteiger partial charge >= 0.3 is 0 Å². The second-order valence-electron chi connectivity index (χ2n) is 6.29. The summed E-state index contributed by atoms with van der Waals surface area (Å²) in [6, 6.07) is 2.51. The van der Waals surface area contributed by atoms with Crippen LogP contribution in [-0.4, -0.2) is 22.6 Å². The predicted octanol–water partition coefficient (Wildman–Crippen LogP) is 4.52. The van der Waals surface area contributed by atoms with Gasteiger partial charge in [-0.1, -0.05) is 46.5 Å². The summed E-state index contributed by atoms with van der Waals surface area (Å²) in [7, 11) is 0. The number of nitrogens with one attached hydrogen (secondary N) is 1. The average molecular weight is 291 g/mol. The molecule has 1 N–H and O–H groups in total. The zero-order valence-electron chi connectivity index (χ0n) is 13.7. The Bertz CT molecular complexity index is 428. The number of hydrogen-bond donors (Lipinski definition) is 1. The van der Waals surface area contributed by atoms with Crippen molar-refractivity contribution in [3.05, 3.63) is 11.9 Å². The number of unbranched alkanes of at least 4 members (excludes halogenated alkanes) is 1. The van der Waals surface area contributed by atoms with Crippen molar-refractivity contribution < 1.29 is 4.74 Å². The average Bonchev–Trinajstić information content (AvgIpc) is 2.48. The molecule has 1 aliphatic carbocycles. The third kappa shape index (κ3) is 5.18. The summed E-state index contributed by atoms with van der Waals surface area (Å²) in [5.74, 6) is 2.81. The van der Waals surface area contributed by atoms with Crippen LogP contribution in [-0.2, 0) is 0 Å². The molecular weight excluding hydrogens is 262 g/mol. The molecule has 2 rings (SSSR count). The summed E-state index contributed by atoms with van der Waals surface area (Å²) >= 11 is 0. The first-order valence-corrected chi connectivity index (χ1v) is 8.47. The molecule has 0 amide bonds. The highest BCUT2D eigenvalue weighted by Crippen LogP contribution is 2.24. The van der Waals surface area contributed by atoms with E-state index < -0.39 is 0 Å². The van der Waals surface area contributed by atoms with Gasteiger partial charge < -0.3 is 10.1 Å². The fourth-order valence-electron chi connectivity index (χ4n) is 2.63. The quantitative estimate of drug-likeness (QED) is 0.750. The summed E-state index contributed by atoms with van der Waals surface area (Å²) in [4.78, 5) is 9.18. The van der Waals surface area contributed by atoms with Crippen LogP contribution in [0.25, 0.3) is 0 Å². The topological polar surface area (TPSA) is 47.0 Å². The number of hydrogen-bond acceptors (Lipinski definition) is 4. The molecule has 0 unspecified atom stereocenters. The van der Waals surface area contributed by atoms with Crippen molar-refractivity contribution in [1.29, 1.82) is 0 Å².